The molecule has 0 aliphatic carbocycles. The molecule has 0 saturated carbocycles. The number of aromatic nitrogens is 3. The molecule has 0 bridgehead atoms. The molecular formula is C22H17N5O2S. The van der Waals surface area contributed by atoms with Crippen LogP contribution in [-0.4, -0.2) is 19.9 Å². The van der Waals surface area contributed by atoms with Gasteiger partial charge in [0.1, 0.15) is 5.69 Å². The van der Waals surface area contributed by atoms with Crippen LogP contribution < -0.4 is 4.90 Å². The van der Waals surface area contributed by atoms with Crippen LogP contribution in [0.1, 0.15) is 11.3 Å². The normalized spacial score (nSPS) is 12.3. The number of non-ortho nitro benzene ring substituents is 1. The number of nitro benzene ring substituents is 1. The molecule has 3 aromatic carbocycles. The van der Waals surface area contributed by atoms with Crippen LogP contribution in [0, 0.1) is 10.1 Å². The summed E-state index contributed by atoms with van der Waals surface area (Å²) < 4.78 is 1.76. The van der Waals surface area contributed by atoms with Crippen LogP contribution in [0.25, 0.3) is 0 Å². The lowest BCUT2D eigenvalue weighted by Gasteiger charge is -2.32. The summed E-state index contributed by atoms with van der Waals surface area (Å²) in [6.07, 6.45) is 1.92. The minimum absolute atomic E-state index is 0.0818. The molecule has 148 valence electrons. The van der Waals surface area contributed by atoms with Crippen molar-refractivity contribution in [2.24, 2.45) is 0 Å². The van der Waals surface area contributed by atoms with Gasteiger partial charge in [-0.25, -0.2) is 4.68 Å². The molecule has 0 atom stereocenters. The van der Waals surface area contributed by atoms with Crippen molar-refractivity contribution in [2.45, 2.75) is 22.9 Å². The lowest BCUT2D eigenvalue weighted by Crippen LogP contribution is -2.20. The van der Waals surface area contributed by atoms with E-state index in [0.717, 1.165) is 22.6 Å². The maximum Gasteiger partial charge on any atom is 0.269 e. The minimum atomic E-state index is -0.399. The summed E-state index contributed by atoms with van der Waals surface area (Å²) >= 11 is 1.78. The predicted molar refractivity (Wildman–Crippen MR) is 115 cm³/mol. The summed E-state index contributed by atoms with van der Waals surface area (Å²) in [5.41, 5.74) is 4.19. The fraction of sp³-hybridized carbons (Fsp3) is 0.0909. The number of nitrogens with zero attached hydrogens (tertiary/aromatic N) is 5. The van der Waals surface area contributed by atoms with Crippen LogP contribution in [-0.2, 0) is 13.1 Å². The number of hydrogen-bond acceptors (Lipinski definition) is 6. The van der Waals surface area contributed by atoms with E-state index >= 15 is 0 Å². The molecule has 0 N–H and O–H groups in total. The number of fused-ring (bicyclic) bond motifs is 2. The summed E-state index contributed by atoms with van der Waals surface area (Å²) in [6.45, 7) is 1.11. The predicted octanol–water partition coefficient (Wildman–Crippen LogP) is 5.04. The second-order valence-corrected chi connectivity index (χ2v) is 8.04. The van der Waals surface area contributed by atoms with Gasteiger partial charge in [0, 0.05) is 21.9 Å². The molecule has 0 amide bonds. The van der Waals surface area contributed by atoms with Crippen molar-refractivity contribution in [1.82, 2.24) is 15.0 Å². The molecule has 8 heteroatoms. The van der Waals surface area contributed by atoms with Crippen molar-refractivity contribution in [3.8, 4) is 0 Å². The van der Waals surface area contributed by atoms with Crippen LogP contribution in [0.4, 0.5) is 17.1 Å². The van der Waals surface area contributed by atoms with Crippen molar-refractivity contribution < 1.29 is 4.92 Å². The fourth-order valence-corrected chi connectivity index (χ4v) is 4.61. The summed E-state index contributed by atoms with van der Waals surface area (Å²) in [6, 6.07) is 23.2. The Hall–Kier alpha value is -3.65. The molecule has 5 rings (SSSR count). The van der Waals surface area contributed by atoms with Gasteiger partial charge in [-0.1, -0.05) is 53.4 Å². The molecule has 0 unspecified atom stereocenters. The zero-order valence-corrected chi connectivity index (χ0v) is 16.7. The van der Waals surface area contributed by atoms with Crippen molar-refractivity contribution >= 4 is 28.8 Å². The Bertz CT molecular complexity index is 1180. The van der Waals surface area contributed by atoms with Gasteiger partial charge in [-0.05, 0) is 29.8 Å². The highest BCUT2D eigenvalue weighted by Gasteiger charge is 2.23. The van der Waals surface area contributed by atoms with Gasteiger partial charge in [0.2, 0.25) is 0 Å². The van der Waals surface area contributed by atoms with E-state index in [0.29, 0.717) is 13.1 Å². The quantitative estimate of drug-likeness (QED) is 0.336. The van der Waals surface area contributed by atoms with Crippen molar-refractivity contribution in [2.75, 3.05) is 4.90 Å². The molecule has 1 aliphatic heterocycles. The van der Waals surface area contributed by atoms with E-state index in [1.165, 1.54) is 21.9 Å². The highest BCUT2D eigenvalue weighted by atomic mass is 32.2. The summed E-state index contributed by atoms with van der Waals surface area (Å²) in [4.78, 5) is 15.1. The van der Waals surface area contributed by atoms with Crippen LogP contribution in [0.15, 0.2) is 88.8 Å². The standard InChI is InChI=1S/C22H17N5O2S/c28-27(29)18-11-9-16(10-12-18)13-25-14-17(23-24-25)15-26-19-5-1-3-7-21(19)30-22-8-4-2-6-20(22)26/h1-12,14H,13,15H2. The second kappa shape index (κ2) is 7.64. The molecule has 2 heterocycles. The number of nitro groups is 1. The first kappa shape index (κ1) is 18.4. The van der Waals surface area contributed by atoms with E-state index in [9.17, 15) is 10.1 Å². The SMILES string of the molecule is O=[N+]([O-])c1ccc(Cn2cc(CN3c4ccccc4Sc4ccccc43)nn2)cc1. The van der Waals surface area contributed by atoms with E-state index in [1.54, 1.807) is 28.6 Å². The molecule has 0 saturated heterocycles. The number of para-hydroxylation sites is 2. The highest BCUT2D eigenvalue weighted by molar-refractivity contribution is 7.99. The molecule has 30 heavy (non-hydrogen) atoms. The topological polar surface area (TPSA) is 77.1 Å². The van der Waals surface area contributed by atoms with Gasteiger partial charge in [-0.2, -0.15) is 0 Å². The van der Waals surface area contributed by atoms with E-state index in [4.69, 9.17) is 0 Å². The Kier molecular flexibility index (Phi) is 4.68. The molecule has 4 aromatic rings. The molecule has 1 aromatic heterocycles. The Morgan fingerprint density at radius 3 is 2.13 bits per heavy atom. The van der Waals surface area contributed by atoms with Crippen molar-refractivity contribution in [3.63, 3.8) is 0 Å². The van der Waals surface area contributed by atoms with E-state index < -0.39 is 4.92 Å². The Balaban J connectivity index is 1.38. The molecule has 1 aliphatic rings. The van der Waals surface area contributed by atoms with Crippen LogP contribution >= 0.6 is 11.8 Å². The maximum atomic E-state index is 10.8. The van der Waals surface area contributed by atoms with Gasteiger partial charge >= 0.3 is 0 Å². The first-order chi connectivity index (χ1) is 14.7. The Morgan fingerprint density at radius 2 is 1.50 bits per heavy atom. The first-order valence-corrected chi connectivity index (χ1v) is 10.2. The summed E-state index contributed by atoms with van der Waals surface area (Å²) in [5, 5.41) is 19.4. The Morgan fingerprint density at radius 1 is 0.867 bits per heavy atom. The smallest absolute Gasteiger partial charge is 0.269 e. The third-order valence-corrected chi connectivity index (χ3v) is 6.06. The second-order valence-electron chi connectivity index (χ2n) is 6.95. The zero-order valence-electron chi connectivity index (χ0n) is 15.9. The van der Waals surface area contributed by atoms with Gasteiger partial charge in [-0.3, -0.25) is 10.1 Å². The van der Waals surface area contributed by atoms with E-state index in [-0.39, 0.29) is 5.69 Å². The van der Waals surface area contributed by atoms with E-state index in [1.807, 2.05) is 18.3 Å². The monoisotopic (exact) mass is 415 g/mol. The average Bonchev–Trinajstić information content (AvgIpc) is 3.21. The fourth-order valence-electron chi connectivity index (χ4n) is 3.51. The van der Waals surface area contributed by atoms with Gasteiger partial charge in [-0.15, -0.1) is 5.10 Å². The third-order valence-electron chi connectivity index (χ3n) is 4.93. The van der Waals surface area contributed by atoms with Crippen molar-refractivity contribution in [1.29, 1.82) is 0 Å². The largest absolute Gasteiger partial charge is 0.333 e. The number of benzene rings is 3. The van der Waals surface area contributed by atoms with Crippen LogP contribution in [0.3, 0.4) is 0 Å². The first-order valence-electron chi connectivity index (χ1n) is 9.43. The number of rotatable bonds is 5. The zero-order chi connectivity index (χ0) is 20.5. The number of hydrogen-bond donors (Lipinski definition) is 0. The molecular weight excluding hydrogens is 398 g/mol. The molecule has 0 radical (unpaired) electrons. The Labute approximate surface area is 177 Å². The van der Waals surface area contributed by atoms with Gasteiger partial charge < -0.3 is 4.90 Å². The van der Waals surface area contributed by atoms with Crippen LogP contribution in [0.5, 0.6) is 0 Å². The van der Waals surface area contributed by atoms with E-state index in [2.05, 4.69) is 51.6 Å². The minimum Gasteiger partial charge on any atom is -0.333 e. The molecule has 0 spiro atoms. The summed E-state index contributed by atoms with van der Waals surface area (Å²) in [5.74, 6) is 0. The van der Waals surface area contributed by atoms with Gasteiger partial charge in [0.05, 0.1) is 35.6 Å². The summed E-state index contributed by atoms with van der Waals surface area (Å²) in [7, 11) is 0. The lowest BCUT2D eigenvalue weighted by molar-refractivity contribution is -0.384. The van der Waals surface area contributed by atoms with Crippen molar-refractivity contribution in [3.05, 3.63) is 100 Å². The molecule has 7 nitrogen and oxygen atoms in total. The maximum absolute atomic E-state index is 10.8. The molecule has 0 fully saturated rings. The highest BCUT2D eigenvalue weighted by Crippen LogP contribution is 2.48. The third kappa shape index (κ3) is 3.53. The average molecular weight is 415 g/mol. The van der Waals surface area contributed by atoms with Gasteiger partial charge in [0.25, 0.3) is 5.69 Å². The number of anilines is 2. The van der Waals surface area contributed by atoms with Crippen LogP contribution in [0.2, 0.25) is 0 Å². The lowest BCUT2D eigenvalue weighted by atomic mass is 10.2. The van der Waals surface area contributed by atoms with Gasteiger partial charge in [0.15, 0.2) is 0 Å².